The fourth-order valence-electron chi connectivity index (χ4n) is 1.25. The van der Waals surface area contributed by atoms with E-state index in [1.54, 1.807) is 13.4 Å². The van der Waals surface area contributed by atoms with Gasteiger partial charge in [0.15, 0.2) is 17.0 Å². The summed E-state index contributed by atoms with van der Waals surface area (Å²) in [7, 11) is 5.20. The molecular weight excluding hydrogens is 182 g/mol. The maximum Gasteiger partial charge on any atom is 0.320 e. The molecule has 0 spiro atoms. The van der Waals surface area contributed by atoms with E-state index in [4.69, 9.17) is 4.74 Å². The molecule has 2 aromatic rings. The van der Waals surface area contributed by atoms with E-state index in [1.807, 2.05) is 11.6 Å². The summed E-state index contributed by atoms with van der Waals surface area (Å²) in [4.78, 5) is 12.5. The minimum absolute atomic E-state index is 0.338. The van der Waals surface area contributed by atoms with Crippen LogP contribution in [0.3, 0.4) is 0 Å². The molecule has 2 aromatic heterocycles. The predicted octanol–water partition coefficient (Wildman–Crippen LogP) is 0.414. The number of aromatic nitrogens is 4. The number of nitrogens with zero attached hydrogens (tertiary/aromatic N) is 4. The second kappa shape index (κ2) is 3.13. The fourth-order valence-corrected chi connectivity index (χ4v) is 1.25. The summed E-state index contributed by atoms with van der Waals surface area (Å²) in [6.07, 6.45) is 1.69. The van der Waals surface area contributed by atoms with E-state index in [0.29, 0.717) is 11.8 Å². The summed E-state index contributed by atoms with van der Waals surface area (Å²) in [5, 5.41) is 2.95. The van der Waals surface area contributed by atoms with Crippen LogP contribution in [0.15, 0.2) is 6.33 Å². The lowest BCUT2D eigenvalue weighted by molar-refractivity contribution is 0.382. The maximum absolute atomic E-state index is 4.99. The molecule has 0 atom stereocenters. The quantitative estimate of drug-likeness (QED) is 0.748. The van der Waals surface area contributed by atoms with E-state index >= 15 is 0 Å². The predicted molar refractivity (Wildman–Crippen MR) is 52.4 cm³/mol. The standard InChI is InChI=1S/C8H11N5O/c1-9-6-5-7(13(2)4-10-5)12-8(11-6)14-3/h4H,1-3H3,(H,9,11,12). The number of aryl methyl sites for hydroxylation is 1. The van der Waals surface area contributed by atoms with Crippen molar-refractivity contribution in [1.29, 1.82) is 0 Å². The minimum Gasteiger partial charge on any atom is -0.467 e. The number of anilines is 1. The Hall–Kier alpha value is -1.85. The lowest BCUT2D eigenvalue weighted by Gasteiger charge is -2.03. The smallest absolute Gasteiger partial charge is 0.320 e. The molecule has 6 nitrogen and oxygen atoms in total. The third-order valence-corrected chi connectivity index (χ3v) is 1.96. The number of hydrogen-bond acceptors (Lipinski definition) is 5. The van der Waals surface area contributed by atoms with Gasteiger partial charge in [0, 0.05) is 14.1 Å². The second-order valence-corrected chi connectivity index (χ2v) is 2.84. The first-order valence-electron chi connectivity index (χ1n) is 4.17. The van der Waals surface area contributed by atoms with Crippen molar-refractivity contribution in [1.82, 2.24) is 19.5 Å². The van der Waals surface area contributed by atoms with E-state index in [0.717, 1.165) is 11.2 Å². The molecule has 0 bridgehead atoms. The Morgan fingerprint density at radius 2 is 2.21 bits per heavy atom. The molecule has 0 aromatic carbocycles. The highest BCUT2D eigenvalue weighted by Gasteiger charge is 2.10. The number of nitrogens with one attached hydrogen (secondary N) is 1. The van der Waals surface area contributed by atoms with Gasteiger partial charge in [-0.25, -0.2) is 4.98 Å². The van der Waals surface area contributed by atoms with Crippen molar-refractivity contribution in [3.63, 3.8) is 0 Å². The van der Waals surface area contributed by atoms with Crippen molar-refractivity contribution >= 4 is 17.0 Å². The zero-order valence-corrected chi connectivity index (χ0v) is 8.27. The van der Waals surface area contributed by atoms with E-state index < -0.39 is 0 Å². The van der Waals surface area contributed by atoms with Crippen LogP contribution in [0.1, 0.15) is 0 Å². The number of rotatable bonds is 2. The molecule has 0 aliphatic rings. The summed E-state index contributed by atoms with van der Waals surface area (Å²) in [5.74, 6) is 0.674. The Bertz CT molecular complexity index is 464. The zero-order valence-electron chi connectivity index (χ0n) is 8.27. The zero-order chi connectivity index (χ0) is 10.1. The molecule has 74 valence electrons. The molecule has 0 aliphatic carbocycles. The molecule has 0 fully saturated rings. The Morgan fingerprint density at radius 3 is 2.86 bits per heavy atom. The van der Waals surface area contributed by atoms with Gasteiger partial charge in [0.05, 0.1) is 13.4 Å². The van der Waals surface area contributed by atoms with Gasteiger partial charge in [-0.15, -0.1) is 0 Å². The molecule has 0 aliphatic heterocycles. The van der Waals surface area contributed by atoms with Gasteiger partial charge in [-0.05, 0) is 0 Å². The van der Waals surface area contributed by atoms with Gasteiger partial charge in [-0.3, -0.25) is 0 Å². The van der Waals surface area contributed by atoms with Crippen LogP contribution < -0.4 is 10.1 Å². The van der Waals surface area contributed by atoms with Crippen LogP contribution >= 0.6 is 0 Å². The van der Waals surface area contributed by atoms with Crippen molar-refractivity contribution in [2.75, 3.05) is 19.5 Å². The van der Waals surface area contributed by atoms with Crippen molar-refractivity contribution in [2.24, 2.45) is 7.05 Å². The van der Waals surface area contributed by atoms with Crippen LogP contribution in [-0.2, 0) is 7.05 Å². The van der Waals surface area contributed by atoms with Gasteiger partial charge in [0.1, 0.15) is 0 Å². The number of methoxy groups -OCH3 is 1. The summed E-state index contributed by atoms with van der Waals surface area (Å²) in [6.45, 7) is 0. The Morgan fingerprint density at radius 1 is 1.43 bits per heavy atom. The second-order valence-electron chi connectivity index (χ2n) is 2.84. The lowest BCUT2D eigenvalue weighted by Crippen LogP contribution is -2.00. The molecular formula is C8H11N5O. The molecule has 0 unspecified atom stereocenters. The maximum atomic E-state index is 4.99. The molecule has 0 saturated carbocycles. The monoisotopic (exact) mass is 193 g/mol. The molecule has 2 rings (SSSR count). The van der Waals surface area contributed by atoms with Crippen molar-refractivity contribution in [3.8, 4) is 6.01 Å². The molecule has 1 N–H and O–H groups in total. The highest BCUT2D eigenvalue weighted by atomic mass is 16.5. The molecule has 0 radical (unpaired) electrons. The summed E-state index contributed by atoms with van der Waals surface area (Å²) >= 11 is 0. The van der Waals surface area contributed by atoms with Crippen molar-refractivity contribution < 1.29 is 4.74 Å². The van der Waals surface area contributed by atoms with E-state index in [9.17, 15) is 0 Å². The third-order valence-electron chi connectivity index (χ3n) is 1.96. The van der Waals surface area contributed by atoms with Gasteiger partial charge in [-0.1, -0.05) is 0 Å². The van der Waals surface area contributed by atoms with Crippen molar-refractivity contribution in [2.45, 2.75) is 0 Å². The Balaban J connectivity index is 2.76. The van der Waals surface area contributed by atoms with Gasteiger partial charge >= 0.3 is 6.01 Å². The number of imidazole rings is 1. The lowest BCUT2D eigenvalue weighted by atomic mass is 10.5. The summed E-state index contributed by atoms with van der Waals surface area (Å²) < 4.78 is 6.81. The number of fused-ring (bicyclic) bond motifs is 1. The summed E-state index contributed by atoms with van der Waals surface area (Å²) in [5.41, 5.74) is 1.50. The van der Waals surface area contributed by atoms with E-state index in [2.05, 4.69) is 20.3 Å². The molecule has 0 amide bonds. The number of ether oxygens (including phenoxy) is 1. The normalized spacial score (nSPS) is 10.5. The minimum atomic E-state index is 0.338. The average molecular weight is 193 g/mol. The first-order chi connectivity index (χ1) is 6.76. The van der Waals surface area contributed by atoms with Crippen molar-refractivity contribution in [3.05, 3.63) is 6.33 Å². The van der Waals surface area contributed by atoms with Crippen LogP contribution in [0.2, 0.25) is 0 Å². The number of hydrogen-bond donors (Lipinski definition) is 1. The first kappa shape index (κ1) is 8.74. The highest BCUT2D eigenvalue weighted by Crippen LogP contribution is 2.19. The van der Waals surface area contributed by atoms with Gasteiger partial charge in [0.25, 0.3) is 0 Å². The third kappa shape index (κ3) is 1.15. The van der Waals surface area contributed by atoms with Crippen LogP contribution in [-0.4, -0.2) is 33.7 Å². The van der Waals surface area contributed by atoms with Crippen LogP contribution in [0, 0.1) is 0 Å². The Labute approximate surface area is 80.9 Å². The SMILES string of the molecule is CNc1nc(OC)nc2c1ncn2C. The van der Waals surface area contributed by atoms with Crippen LogP contribution in [0.5, 0.6) is 6.01 Å². The highest BCUT2D eigenvalue weighted by molar-refractivity contribution is 5.83. The van der Waals surface area contributed by atoms with Crippen LogP contribution in [0.4, 0.5) is 5.82 Å². The largest absolute Gasteiger partial charge is 0.467 e. The Kier molecular flexibility index (Phi) is 1.95. The molecule has 14 heavy (non-hydrogen) atoms. The van der Waals surface area contributed by atoms with Gasteiger partial charge in [0.2, 0.25) is 0 Å². The topological polar surface area (TPSA) is 64.9 Å². The molecule has 6 heteroatoms. The fraction of sp³-hybridized carbons (Fsp3) is 0.375. The molecule has 2 heterocycles. The van der Waals surface area contributed by atoms with Crippen LogP contribution in [0.25, 0.3) is 11.2 Å². The summed E-state index contributed by atoms with van der Waals surface area (Å²) in [6, 6.07) is 0.338. The van der Waals surface area contributed by atoms with E-state index in [1.165, 1.54) is 7.11 Å². The first-order valence-corrected chi connectivity index (χ1v) is 4.17. The van der Waals surface area contributed by atoms with Gasteiger partial charge in [-0.2, -0.15) is 9.97 Å². The van der Waals surface area contributed by atoms with E-state index in [-0.39, 0.29) is 0 Å². The van der Waals surface area contributed by atoms with Gasteiger partial charge < -0.3 is 14.6 Å². The average Bonchev–Trinajstić information content (AvgIpc) is 2.59. The molecule has 0 saturated heterocycles.